The van der Waals surface area contributed by atoms with Crippen LogP contribution in [0.25, 0.3) is 0 Å². The van der Waals surface area contributed by atoms with E-state index in [9.17, 15) is 4.79 Å². The smallest absolute Gasteiger partial charge is 0.305 e. The molecule has 0 radical (unpaired) electrons. The van der Waals surface area contributed by atoms with Crippen LogP contribution >= 0.6 is 0 Å². The predicted octanol–water partition coefficient (Wildman–Crippen LogP) is -1.09. The quantitative estimate of drug-likeness (QED) is 0.149. The average Bonchev–Trinajstić information content (AvgIpc) is 2.41. The second-order valence-corrected chi connectivity index (χ2v) is 5.64. The van der Waals surface area contributed by atoms with Crippen LogP contribution in [0.5, 0.6) is 0 Å². The van der Waals surface area contributed by atoms with E-state index in [1.165, 1.54) is 7.11 Å². The summed E-state index contributed by atoms with van der Waals surface area (Å²) in [5, 5.41) is 10.9. The third kappa shape index (κ3) is 13.2. The molecule has 0 rings (SSSR count). The Morgan fingerprint density at radius 1 is 0.952 bits per heavy atom. The van der Waals surface area contributed by atoms with E-state index < -0.39 is 0 Å². The van der Waals surface area contributed by atoms with Crippen LogP contribution in [0.1, 0.15) is 64.2 Å². The third-order valence-electron chi connectivity index (χ3n) is 3.59. The van der Waals surface area contributed by atoms with E-state index in [-0.39, 0.29) is 5.97 Å². The van der Waals surface area contributed by atoms with Gasteiger partial charge in [-0.1, -0.05) is 19.3 Å². The lowest BCUT2D eigenvalue weighted by Crippen LogP contribution is -2.45. The summed E-state index contributed by atoms with van der Waals surface area (Å²) < 4.78 is 4.76. The molecule has 0 aromatic rings. The molecule has 21 heavy (non-hydrogen) atoms. The fourth-order valence-corrected chi connectivity index (χ4v) is 2.37. The number of amidine groups is 2. The molecule has 0 aliphatic heterocycles. The molecular formula is C15H32N4O2+2. The maximum atomic E-state index is 11.4. The highest BCUT2D eigenvalue weighted by molar-refractivity contribution is 5.73. The lowest BCUT2D eigenvalue weighted by atomic mass is 9.92. The van der Waals surface area contributed by atoms with Gasteiger partial charge in [0.1, 0.15) is 0 Å². The molecule has 0 bridgehead atoms. The van der Waals surface area contributed by atoms with Gasteiger partial charge in [-0.3, -0.25) is 27.1 Å². The Balaban J connectivity index is 3.93. The van der Waals surface area contributed by atoms with Crippen LogP contribution in [-0.4, -0.2) is 24.8 Å². The number of hydrogen-bond acceptors (Lipinski definition) is 2. The normalized spacial score (nSPS) is 11.9. The lowest BCUT2D eigenvalue weighted by molar-refractivity contribution is -0.141. The fraction of sp³-hybridized carbons (Fsp3) is 0.800. The second-order valence-electron chi connectivity index (χ2n) is 5.64. The first-order chi connectivity index (χ1) is 9.95. The standard InChI is InChI=1S/C15H30N4O2/c1-21-15(20)11-12(8-5-6-10-14(18)19)7-3-2-4-9-13(16)17/h12H,2-11H2,1H3,(H3,16,17)(H3,18,19)/p+2. The molecule has 0 aromatic carbocycles. The van der Waals surface area contributed by atoms with E-state index in [0.717, 1.165) is 57.8 Å². The molecule has 0 aromatic heterocycles. The molecule has 0 amide bonds. The number of rotatable bonds is 13. The van der Waals surface area contributed by atoms with Crippen molar-refractivity contribution in [3.8, 4) is 0 Å². The van der Waals surface area contributed by atoms with E-state index in [0.29, 0.717) is 24.0 Å². The third-order valence-corrected chi connectivity index (χ3v) is 3.59. The van der Waals surface area contributed by atoms with E-state index >= 15 is 0 Å². The van der Waals surface area contributed by atoms with Crippen molar-refractivity contribution in [2.75, 3.05) is 7.11 Å². The van der Waals surface area contributed by atoms with Crippen LogP contribution in [0.4, 0.5) is 0 Å². The molecule has 0 heterocycles. The summed E-state index contributed by atoms with van der Waals surface area (Å²) in [7, 11) is 1.43. The Hall–Kier alpha value is -1.59. The molecule has 1 unspecified atom stereocenters. The van der Waals surface area contributed by atoms with Crippen molar-refractivity contribution in [2.24, 2.45) is 17.4 Å². The van der Waals surface area contributed by atoms with Crippen molar-refractivity contribution in [3.05, 3.63) is 0 Å². The van der Waals surface area contributed by atoms with Gasteiger partial charge in [0.05, 0.1) is 7.11 Å². The number of carbonyl (C=O) groups is 1. The molecule has 0 aliphatic rings. The molecule has 6 heteroatoms. The molecule has 0 saturated heterocycles. The van der Waals surface area contributed by atoms with Crippen molar-refractivity contribution in [2.45, 2.75) is 64.2 Å². The highest BCUT2D eigenvalue weighted by Crippen LogP contribution is 2.21. The highest BCUT2D eigenvalue weighted by Gasteiger charge is 2.14. The molecule has 0 saturated carbocycles. The largest absolute Gasteiger partial charge is 0.469 e. The van der Waals surface area contributed by atoms with Gasteiger partial charge in [-0.2, -0.15) is 0 Å². The molecule has 0 aliphatic carbocycles. The van der Waals surface area contributed by atoms with E-state index in [1.807, 2.05) is 0 Å². The van der Waals surface area contributed by atoms with Crippen LogP contribution in [0.2, 0.25) is 0 Å². The van der Waals surface area contributed by atoms with Crippen molar-refractivity contribution in [1.29, 1.82) is 0 Å². The van der Waals surface area contributed by atoms with Gasteiger partial charge in [0.15, 0.2) is 0 Å². The summed E-state index contributed by atoms with van der Waals surface area (Å²) in [5.41, 5.74) is 10.9. The average molecular weight is 300 g/mol. The van der Waals surface area contributed by atoms with Crippen molar-refractivity contribution >= 4 is 17.6 Å². The topological polar surface area (TPSA) is 130 Å². The first-order valence-corrected chi connectivity index (χ1v) is 7.76. The predicted molar refractivity (Wildman–Crippen MR) is 83.9 cm³/mol. The number of hydrogen-bond donors (Lipinski definition) is 4. The lowest BCUT2D eigenvalue weighted by Gasteiger charge is -2.15. The van der Waals surface area contributed by atoms with E-state index in [4.69, 9.17) is 27.0 Å². The summed E-state index contributed by atoms with van der Waals surface area (Å²) in [4.78, 5) is 11.4. The molecule has 8 N–H and O–H groups in total. The highest BCUT2D eigenvalue weighted by atomic mass is 16.5. The number of nitrogens with two attached hydrogens (primary N) is 4. The summed E-state index contributed by atoms with van der Waals surface area (Å²) in [6.45, 7) is 0. The zero-order valence-electron chi connectivity index (χ0n) is 13.3. The Kier molecular flexibility index (Phi) is 11.3. The maximum Gasteiger partial charge on any atom is 0.305 e. The number of esters is 1. The number of methoxy groups -OCH3 is 1. The first kappa shape index (κ1) is 19.4. The minimum Gasteiger partial charge on any atom is -0.469 e. The molecule has 1 atom stereocenters. The van der Waals surface area contributed by atoms with Gasteiger partial charge in [0, 0.05) is 19.3 Å². The Labute approximate surface area is 127 Å². The van der Waals surface area contributed by atoms with Crippen molar-refractivity contribution in [1.82, 2.24) is 0 Å². The van der Waals surface area contributed by atoms with Gasteiger partial charge in [0.25, 0.3) is 0 Å². The maximum absolute atomic E-state index is 11.4. The second kappa shape index (κ2) is 12.2. The van der Waals surface area contributed by atoms with Crippen molar-refractivity contribution < 1.29 is 20.3 Å². The van der Waals surface area contributed by atoms with Crippen LogP contribution in [0.15, 0.2) is 0 Å². The van der Waals surface area contributed by atoms with E-state index in [2.05, 4.69) is 0 Å². The Morgan fingerprint density at radius 2 is 1.43 bits per heavy atom. The summed E-state index contributed by atoms with van der Waals surface area (Å²) in [6, 6.07) is 0. The minimum absolute atomic E-state index is 0.135. The van der Waals surface area contributed by atoms with Crippen LogP contribution in [0, 0.1) is 5.92 Å². The molecule has 6 nitrogen and oxygen atoms in total. The number of unbranched alkanes of at least 4 members (excludes halogenated alkanes) is 3. The molecule has 0 spiro atoms. The zero-order valence-corrected chi connectivity index (χ0v) is 13.3. The molecular weight excluding hydrogens is 268 g/mol. The van der Waals surface area contributed by atoms with Crippen molar-refractivity contribution in [3.63, 3.8) is 0 Å². The Bertz CT molecular complexity index is 332. The van der Waals surface area contributed by atoms with Gasteiger partial charge in [-0.25, -0.2) is 0 Å². The SMILES string of the molecule is COC(=O)CC(CCCCCC(N)=[NH2+])CCCCC(N)=[NH2+]. The van der Waals surface area contributed by atoms with Crippen LogP contribution < -0.4 is 22.3 Å². The molecule has 122 valence electrons. The van der Waals surface area contributed by atoms with Gasteiger partial charge in [-0.05, 0) is 31.6 Å². The van der Waals surface area contributed by atoms with Gasteiger partial charge in [0.2, 0.25) is 11.7 Å². The molecule has 0 fully saturated rings. The van der Waals surface area contributed by atoms with Gasteiger partial charge >= 0.3 is 5.97 Å². The first-order valence-electron chi connectivity index (χ1n) is 7.76. The van der Waals surface area contributed by atoms with E-state index in [1.54, 1.807) is 0 Å². The monoisotopic (exact) mass is 300 g/mol. The van der Waals surface area contributed by atoms with Crippen LogP contribution in [0.3, 0.4) is 0 Å². The summed E-state index contributed by atoms with van der Waals surface area (Å²) in [5.74, 6) is 1.21. The van der Waals surface area contributed by atoms with Gasteiger partial charge < -0.3 is 4.74 Å². The number of carbonyl (C=O) groups excluding carboxylic acids is 1. The minimum atomic E-state index is -0.135. The van der Waals surface area contributed by atoms with Crippen LogP contribution in [-0.2, 0) is 9.53 Å². The summed E-state index contributed by atoms with van der Waals surface area (Å²) in [6.07, 6.45) is 9.22. The summed E-state index contributed by atoms with van der Waals surface area (Å²) >= 11 is 0. The van der Waals surface area contributed by atoms with Gasteiger partial charge in [-0.15, -0.1) is 0 Å². The zero-order chi connectivity index (χ0) is 16.1. The fourth-order valence-electron chi connectivity index (χ4n) is 2.37. The Morgan fingerprint density at radius 3 is 1.90 bits per heavy atom. The number of ether oxygens (including phenoxy) is 1.